The minimum atomic E-state index is -0.466. The first kappa shape index (κ1) is 19.8. The van der Waals surface area contributed by atoms with Crippen molar-refractivity contribution >= 4 is 29.2 Å². The maximum atomic E-state index is 12.6. The molecular weight excluding hydrogens is 368 g/mol. The van der Waals surface area contributed by atoms with Gasteiger partial charge in [0.05, 0.1) is 11.4 Å². The first-order valence-electron chi connectivity index (χ1n) is 8.99. The van der Waals surface area contributed by atoms with Crippen molar-refractivity contribution < 1.29 is 19.1 Å². The molecule has 0 bridgehead atoms. The third-order valence-electron chi connectivity index (χ3n) is 4.06. The highest BCUT2D eigenvalue weighted by Crippen LogP contribution is 2.23. The van der Waals surface area contributed by atoms with Crippen LogP contribution in [-0.4, -0.2) is 17.8 Å². The molecule has 0 unspecified atom stereocenters. The second kappa shape index (κ2) is 8.84. The molecule has 146 valence electrons. The molecule has 3 rings (SSSR count). The Morgan fingerprint density at radius 2 is 1.28 bits per heavy atom. The van der Waals surface area contributed by atoms with E-state index < -0.39 is 11.9 Å². The highest BCUT2D eigenvalue weighted by molar-refractivity contribution is 6.10. The SMILES string of the molecule is CC(=O)Oc1cccc(C(=O)Nc2ccccc2NC(=O)c2cccc(C)c2)c1. The van der Waals surface area contributed by atoms with E-state index >= 15 is 0 Å². The van der Waals surface area contributed by atoms with Gasteiger partial charge in [-0.1, -0.05) is 35.9 Å². The number of ether oxygens (including phenoxy) is 1. The first-order valence-corrected chi connectivity index (χ1v) is 8.99. The smallest absolute Gasteiger partial charge is 0.308 e. The van der Waals surface area contributed by atoms with Gasteiger partial charge in [0.2, 0.25) is 0 Å². The predicted molar refractivity (Wildman–Crippen MR) is 111 cm³/mol. The molecule has 0 spiro atoms. The summed E-state index contributed by atoms with van der Waals surface area (Å²) in [5.41, 5.74) is 2.76. The lowest BCUT2D eigenvalue weighted by Crippen LogP contribution is -2.17. The van der Waals surface area contributed by atoms with Crippen LogP contribution < -0.4 is 15.4 Å². The van der Waals surface area contributed by atoms with Crippen LogP contribution >= 0.6 is 0 Å². The van der Waals surface area contributed by atoms with Crippen molar-refractivity contribution in [2.24, 2.45) is 0 Å². The van der Waals surface area contributed by atoms with Crippen LogP contribution in [0, 0.1) is 6.92 Å². The quantitative estimate of drug-likeness (QED) is 0.500. The molecule has 6 heteroatoms. The zero-order chi connectivity index (χ0) is 20.8. The Kier molecular flexibility index (Phi) is 6.04. The summed E-state index contributed by atoms with van der Waals surface area (Å²) in [7, 11) is 0. The molecule has 0 heterocycles. The van der Waals surface area contributed by atoms with Crippen LogP contribution in [0.2, 0.25) is 0 Å². The number of hydrogen-bond acceptors (Lipinski definition) is 4. The van der Waals surface area contributed by atoms with E-state index in [-0.39, 0.29) is 11.7 Å². The minimum absolute atomic E-state index is 0.271. The summed E-state index contributed by atoms with van der Waals surface area (Å²) in [5, 5.41) is 5.61. The summed E-state index contributed by atoms with van der Waals surface area (Å²) < 4.78 is 5.01. The van der Waals surface area contributed by atoms with E-state index in [0.717, 1.165) is 5.56 Å². The van der Waals surface area contributed by atoms with Crippen LogP contribution in [-0.2, 0) is 4.79 Å². The number of para-hydroxylation sites is 2. The largest absolute Gasteiger partial charge is 0.427 e. The molecule has 0 saturated carbocycles. The second-order valence-electron chi connectivity index (χ2n) is 6.44. The third-order valence-corrected chi connectivity index (χ3v) is 4.06. The van der Waals surface area contributed by atoms with Crippen LogP contribution in [0.15, 0.2) is 72.8 Å². The molecular formula is C23H20N2O4. The van der Waals surface area contributed by atoms with Crippen molar-refractivity contribution in [3.8, 4) is 5.75 Å². The maximum Gasteiger partial charge on any atom is 0.308 e. The van der Waals surface area contributed by atoms with Gasteiger partial charge in [0.25, 0.3) is 11.8 Å². The molecule has 0 aliphatic carbocycles. The normalized spacial score (nSPS) is 10.1. The average molecular weight is 388 g/mol. The number of esters is 1. The Bertz CT molecular complexity index is 1080. The Morgan fingerprint density at radius 1 is 0.724 bits per heavy atom. The number of hydrogen-bond donors (Lipinski definition) is 2. The molecule has 0 aliphatic rings. The van der Waals surface area contributed by atoms with Crippen molar-refractivity contribution in [2.75, 3.05) is 10.6 Å². The van der Waals surface area contributed by atoms with E-state index in [0.29, 0.717) is 22.5 Å². The Balaban J connectivity index is 1.78. The van der Waals surface area contributed by atoms with Gasteiger partial charge in [-0.25, -0.2) is 0 Å². The molecule has 0 aromatic heterocycles. The van der Waals surface area contributed by atoms with Crippen LogP contribution in [0.25, 0.3) is 0 Å². The fraction of sp³-hybridized carbons (Fsp3) is 0.0870. The van der Waals surface area contributed by atoms with Gasteiger partial charge in [-0.15, -0.1) is 0 Å². The van der Waals surface area contributed by atoms with Gasteiger partial charge < -0.3 is 15.4 Å². The molecule has 0 atom stereocenters. The van der Waals surface area contributed by atoms with E-state index in [4.69, 9.17) is 4.74 Å². The predicted octanol–water partition coefficient (Wildman–Crippen LogP) is 4.42. The number of benzene rings is 3. The van der Waals surface area contributed by atoms with E-state index in [1.807, 2.05) is 19.1 Å². The zero-order valence-electron chi connectivity index (χ0n) is 16.1. The molecule has 2 amide bonds. The topological polar surface area (TPSA) is 84.5 Å². The maximum absolute atomic E-state index is 12.6. The summed E-state index contributed by atoms with van der Waals surface area (Å²) in [6.07, 6.45) is 0. The van der Waals surface area contributed by atoms with E-state index in [1.165, 1.54) is 13.0 Å². The van der Waals surface area contributed by atoms with Crippen LogP contribution in [0.1, 0.15) is 33.2 Å². The molecule has 0 fully saturated rings. The second-order valence-corrected chi connectivity index (χ2v) is 6.44. The molecule has 0 saturated heterocycles. The van der Waals surface area contributed by atoms with Crippen molar-refractivity contribution in [1.29, 1.82) is 0 Å². The summed E-state index contributed by atoms with van der Waals surface area (Å²) in [6.45, 7) is 3.20. The van der Waals surface area contributed by atoms with Gasteiger partial charge in [-0.3, -0.25) is 14.4 Å². The third kappa shape index (κ3) is 5.29. The number of rotatable bonds is 5. The Labute approximate surface area is 168 Å². The fourth-order valence-corrected chi connectivity index (χ4v) is 2.74. The van der Waals surface area contributed by atoms with E-state index in [1.54, 1.807) is 54.6 Å². The lowest BCUT2D eigenvalue weighted by molar-refractivity contribution is -0.131. The molecule has 3 aromatic rings. The van der Waals surface area contributed by atoms with Gasteiger partial charge in [0, 0.05) is 18.1 Å². The molecule has 0 aliphatic heterocycles. The van der Waals surface area contributed by atoms with Crippen LogP contribution in [0.5, 0.6) is 5.75 Å². The molecule has 29 heavy (non-hydrogen) atoms. The van der Waals surface area contributed by atoms with Crippen LogP contribution in [0.4, 0.5) is 11.4 Å². The van der Waals surface area contributed by atoms with Crippen molar-refractivity contribution in [3.05, 3.63) is 89.5 Å². The lowest BCUT2D eigenvalue weighted by Gasteiger charge is -2.13. The van der Waals surface area contributed by atoms with Gasteiger partial charge in [-0.05, 0) is 49.4 Å². The van der Waals surface area contributed by atoms with Crippen molar-refractivity contribution in [3.63, 3.8) is 0 Å². The highest BCUT2D eigenvalue weighted by atomic mass is 16.5. The minimum Gasteiger partial charge on any atom is -0.427 e. The van der Waals surface area contributed by atoms with Gasteiger partial charge >= 0.3 is 5.97 Å². The van der Waals surface area contributed by atoms with Gasteiger partial charge in [0.1, 0.15) is 5.75 Å². The molecule has 2 N–H and O–H groups in total. The van der Waals surface area contributed by atoms with Gasteiger partial charge in [-0.2, -0.15) is 0 Å². The average Bonchev–Trinajstić information content (AvgIpc) is 2.69. The zero-order valence-corrected chi connectivity index (χ0v) is 16.1. The Hall–Kier alpha value is -3.93. The van der Waals surface area contributed by atoms with Crippen molar-refractivity contribution in [2.45, 2.75) is 13.8 Å². The number of carbonyl (C=O) groups excluding carboxylic acids is 3. The molecule has 6 nitrogen and oxygen atoms in total. The summed E-state index contributed by atoms with van der Waals surface area (Å²) >= 11 is 0. The number of amides is 2. The van der Waals surface area contributed by atoms with E-state index in [9.17, 15) is 14.4 Å². The summed E-state index contributed by atoms with van der Waals surface area (Å²) in [5.74, 6) is -0.846. The summed E-state index contributed by atoms with van der Waals surface area (Å²) in [6, 6.07) is 20.5. The Morgan fingerprint density at radius 3 is 1.83 bits per heavy atom. The lowest BCUT2D eigenvalue weighted by atomic mass is 10.1. The first-order chi connectivity index (χ1) is 13.9. The van der Waals surface area contributed by atoms with Gasteiger partial charge in [0.15, 0.2) is 0 Å². The highest BCUT2D eigenvalue weighted by Gasteiger charge is 2.13. The van der Waals surface area contributed by atoms with Crippen LogP contribution in [0.3, 0.4) is 0 Å². The fourth-order valence-electron chi connectivity index (χ4n) is 2.74. The molecule has 3 aromatic carbocycles. The van der Waals surface area contributed by atoms with Crippen molar-refractivity contribution in [1.82, 2.24) is 0 Å². The monoisotopic (exact) mass is 388 g/mol. The van der Waals surface area contributed by atoms with E-state index in [2.05, 4.69) is 10.6 Å². The number of anilines is 2. The number of carbonyl (C=O) groups is 3. The standard InChI is InChI=1S/C23H20N2O4/c1-15-7-5-8-17(13-15)22(27)24-20-11-3-4-12-21(20)25-23(28)18-9-6-10-19(14-18)29-16(2)26/h3-14H,1-2H3,(H,24,27)(H,25,28). The number of nitrogens with one attached hydrogen (secondary N) is 2. The number of aryl methyl sites for hydroxylation is 1. The summed E-state index contributed by atoms with van der Waals surface area (Å²) in [4.78, 5) is 36.3. The molecule has 0 radical (unpaired) electrons.